The first-order valence-electron chi connectivity index (χ1n) is 8.93. The zero-order valence-corrected chi connectivity index (χ0v) is 15.4. The van der Waals surface area contributed by atoms with Crippen LogP contribution in [0.3, 0.4) is 0 Å². The lowest BCUT2D eigenvalue weighted by atomic mass is 9.82. The van der Waals surface area contributed by atoms with Gasteiger partial charge in [0.25, 0.3) is 11.5 Å². The molecular weight excluding hydrogens is 334 g/mol. The molecule has 0 radical (unpaired) electrons. The minimum absolute atomic E-state index is 0.0115. The summed E-state index contributed by atoms with van der Waals surface area (Å²) in [6.45, 7) is 0. The number of rotatable bonds is 4. The van der Waals surface area contributed by atoms with Gasteiger partial charge in [0.05, 0.1) is 0 Å². The first-order chi connectivity index (χ1) is 12.4. The van der Waals surface area contributed by atoms with Crippen LogP contribution in [0.5, 0.6) is 0 Å². The highest BCUT2D eigenvalue weighted by atomic mass is 16.2. The van der Waals surface area contributed by atoms with Gasteiger partial charge in [-0.2, -0.15) is 5.10 Å². The molecule has 0 bridgehead atoms. The van der Waals surface area contributed by atoms with E-state index in [2.05, 4.69) is 10.4 Å². The zero-order chi connectivity index (χ0) is 18.8. The molecule has 0 spiro atoms. The molecule has 3 rings (SSSR count). The molecule has 140 valence electrons. The molecule has 1 amide bonds. The van der Waals surface area contributed by atoms with Crippen LogP contribution in [0.15, 0.2) is 27.9 Å². The minimum Gasteiger partial charge on any atom is -0.349 e. The van der Waals surface area contributed by atoms with Gasteiger partial charge >= 0.3 is 5.69 Å². The molecule has 2 aromatic heterocycles. The van der Waals surface area contributed by atoms with Gasteiger partial charge in [0.1, 0.15) is 5.82 Å². The predicted molar refractivity (Wildman–Crippen MR) is 97.0 cm³/mol. The van der Waals surface area contributed by atoms with Crippen molar-refractivity contribution in [2.45, 2.75) is 38.1 Å². The summed E-state index contributed by atoms with van der Waals surface area (Å²) < 4.78 is 4.33. The van der Waals surface area contributed by atoms with Gasteiger partial charge in [-0.15, -0.1) is 0 Å². The Morgan fingerprint density at radius 3 is 2.62 bits per heavy atom. The summed E-state index contributed by atoms with van der Waals surface area (Å²) in [7, 11) is 5.01. The van der Waals surface area contributed by atoms with Crippen LogP contribution in [0, 0.1) is 5.92 Å². The first kappa shape index (κ1) is 18.2. The van der Waals surface area contributed by atoms with Crippen molar-refractivity contribution in [2.75, 3.05) is 0 Å². The summed E-state index contributed by atoms with van der Waals surface area (Å²) in [5, 5.41) is 7.39. The third kappa shape index (κ3) is 3.63. The molecule has 0 aromatic carbocycles. The average Bonchev–Trinajstić information content (AvgIpc) is 2.86. The number of hydrogen-bond donors (Lipinski definition) is 1. The third-order valence-electron chi connectivity index (χ3n) is 5.25. The Kier molecular flexibility index (Phi) is 5.11. The number of nitrogens with one attached hydrogen (secondary N) is 1. The minimum atomic E-state index is -0.227. The Hall–Kier alpha value is -2.64. The summed E-state index contributed by atoms with van der Waals surface area (Å²) in [6, 6.07) is 3.02. The van der Waals surface area contributed by atoms with Gasteiger partial charge in [-0.05, 0) is 24.8 Å². The molecule has 1 aliphatic carbocycles. The van der Waals surface area contributed by atoms with Crippen LogP contribution >= 0.6 is 0 Å². The maximum atomic E-state index is 12.6. The highest BCUT2D eigenvalue weighted by Crippen LogP contribution is 2.27. The van der Waals surface area contributed by atoms with E-state index in [9.17, 15) is 14.4 Å². The Bertz CT molecular complexity index is 924. The summed E-state index contributed by atoms with van der Waals surface area (Å²) in [6.07, 6.45) is 6.27. The van der Waals surface area contributed by atoms with Crippen LogP contribution in [0.25, 0.3) is 0 Å². The fourth-order valence-electron chi connectivity index (χ4n) is 3.61. The second kappa shape index (κ2) is 7.31. The maximum absolute atomic E-state index is 12.6. The molecular formula is C18H25N5O3. The second-order valence-corrected chi connectivity index (χ2v) is 7.07. The fraction of sp³-hybridized carbons (Fsp3) is 0.556. The van der Waals surface area contributed by atoms with E-state index in [1.54, 1.807) is 38.0 Å². The standard InChI is InChI=1S/C18H25N5O3/c1-21-9-8-13(11-16(21)24)17(25)19-14-7-5-4-6-12(14)10-15-20-23(3)18(26)22(15)2/h8-9,11-12,14H,4-7,10H2,1-3H3,(H,19,25)/t12-,14-/m1/s1. The van der Waals surface area contributed by atoms with Crippen molar-refractivity contribution in [3.8, 4) is 0 Å². The van der Waals surface area contributed by atoms with Crippen molar-refractivity contribution in [3.05, 3.63) is 50.6 Å². The number of carbonyl (C=O) groups is 1. The van der Waals surface area contributed by atoms with E-state index in [1.165, 1.54) is 15.3 Å². The number of aryl methyl sites for hydroxylation is 2. The molecule has 1 saturated carbocycles. The average molecular weight is 359 g/mol. The summed E-state index contributed by atoms with van der Waals surface area (Å²) in [5.41, 5.74) is 0.0283. The largest absolute Gasteiger partial charge is 0.349 e. The number of pyridine rings is 1. The van der Waals surface area contributed by atoms with Gasteiger partial charge in [-0.3, -0.25) is 14.2 Å². The summed E-state index contributed by atoms with van der Waals surface area (Å²) in [5.74, 6) is 0.728. The molecule has 1 aliphatic rings. The van der Waals surface area contributed by atoms with Gasteiger partial charge in [-0.1, -0.05) is 12.8 Å². The highest BCUT2D eigenvalue weighted by molar-refractivity contribution is 5.94. The molecule has 2 aromatic rings. The van der Waals surface area contributed by atoms with Crippen LogP contribution in [0.2, 0.25) is 0 Å². The van der Waals surface area contributed by atoms with Crippen LogP contribution in [0.1, 0.15) is 41.9 Å². The molecule has 0 aliphatic heterocycles. The van der Waals surface area contributed by atoms with E-state index in [4.69, 9.17) is 0 Å². The van der Waals surface area contributed by atoms with E-state index in [0.29, 0.717) is 12.0 Å². The molecule has 8 heteroatoms. The van der Waals surface area contributed by atoms with Crippen LogP contribution < -0.4 is 16.6 Å². The lowest BCUT2D eigenvalue weighted by molar-refractivity contribution is 0.0904. The molecule has 8 nitrogen and oxygen atoms in total. The van der Waals surface area contributed by atoms with E-state index in [0.717, 1.165) is 31.5 Å². The highest BCUT2D eigenvalue weighted by Gasteiger charge is 2.28. The molecule has 1 N–H and O–H groups in total. The lowest BCUT2D eigenvalue weighted by Gasteiger charge is -2.32. The van der Waals surface area contributed by atoms with Crippen LogP contribution in [-0.2, 0) is 27.6 Å². The van der Waals surface area contributed by atoms with E-state index < -0.39 is 0 Å². The number of carbonyl (C=O) groups excluding carboxylic acids is 1. The van der Waals surface area contributed by atoms with Crippen molar-refractivity contribution in [2.24, 2.45) is 27.1 Å². The molecule has 0 unspecified atom stereocenters. The second-order valence-electron chi connectivity index (χ2n) is 7.07. The SMILES string of the molecule is Cn1ccc(C(=O)N[C@@H]2CCCC[C@@H]2Cc2nn(C)c(=O)n2C)cc1=O. The normalized spacial score (nSPS) is 20.1. The number of hydrogen-bond acceptors (Lipinski definition) is 4. The number of nitrogens with zero attached hydrogens (tertiary/aromatic N) is 4. The topological polar surface area (TPSA) is 90.9 Å². The Labute approximate surface area is 151 Å². The molecule has 1 fully saturated rings. The Morgan fingerprint density at radius 2 is 1.96 bits per heavy atom. The molecule has 26 heavy (non-hydrogen) atoms. The zero-order valence-electron chi connectivity index (χ0n) is 15.4. The van der Waals surface area contributed by atoms with Gasteiger partial charge < -0.3 is 9.88 Å². The monoisotopic (exact) mass is 359 g/mol. The Morgan fingerprint density at radius 1 is 1.23 bits per heavy atom. The number of amides is 1. The van der Waals surface area contributed by atoms with Crippen LogP contribution in [-0.4, -0.2) is 30.9 Å². The van der Waals surface area contributed by atoms with Gasteiger partial charge in [0, 0.05) is 51.4 Å². The quantitative estimate of drug-likeness (QED) is 0.853. The molecule has 0 saturated heterocycles. The predicted octanol–water partition coefficient (Wildman–Crippen LogP) is 0.349. The van der Waals surface area contributed by atoms with E-state index in [1.807, 2.05) is 0 Å². The van der Waals surface area contributed by atoms with E-state index >= 15 is 0 Å². The maximum Gasteiger partial charge on any atom is 0.345 e. The molecule has 2 heterocycles. The van der Waals surface area contributed by atoms with Crippen LogP contribution in [0.4, 0.5) is 0 Å². The van der Waals surface area contributed by atoms with Crippen molar-refractivity contribution < 1.29 is 4.79 Å². The van der Waals surface area contributed by atoms with Crippen molar-refractivity contribution in [1.82, 2.24) is 24.2 Å². The van der Waals surface area contributed by atoms with Crippen molar-refractivity contribution in [3.63, 3.8) is 0 Å². The van der Waals surface area contributed by atoms with Gasteiger partial charge in [0.2, 0.25) is 0 Å². The lowest BCUT2D eigenvalue weighted by Crippen LogP contribution is -2.43. The smallest absolute Gasteiger partial charge is 0.345 e. The fourth-order valence-corrected chi connectivity index (χ4v) is 3.61. The first-order valence-corrected chi connectivity index (χ1v) is 8.93. The third-order valence-corrected chi connectivity index (χ3v) is 5.25. The Balaban J connectivity index is 1.75. The van der Waals surface area contributed by atoms with E-state index in [-0.39, 0.29) is 29.1 Å². The van der Waals surface area contributed by atoms with Gasteiger partial charge in [0.15, 0.2) is 0 Å². The summed E-state index contributed by atoms with van der Waals surface area (Å²) in [4.78, 5) is 36.2. The van der Waals surface area contributed by atoms with Crippen molar-refractivity contribution >= 4 is 5.91 Å². The summed E-state index contributed by atoms with van der Waals surface area (Å²) >= 11 is 0. The van der Waals surface area contributed by atoms with Crippen molar-refractivity contribution in [1.29, 1.82) is 0 Å². The molecule has 2 atom stereocenters. The number of aromatic nitrogens is 4. The van der Waals surface area contributed by atoms with Gasteiger partial charge in [-0.25, -0.2) is 9.48 Å².